The molecular weight excluding hydrogens is 334 g/mol. The van der Waals surface area contributed by atoms with Gasteiger partial charge in [0.05, 0.1) is 13.1 Å². The third kappa shape index (κ3) is 4.49. The van der Waals surface area contributed by atoms with Gasteiger partial charge in [-0.2, -0.15) is 0 Å². The van der Waals surface area contributed by atoms with Crippen LogP contribution in [0.15, 0.2) is 66.7 Å². The summed E-state index contributed by atoms with van der Waals surface area (Å²) >= 11 is 0. The average Bonchev–Trinajstić information content (AvgIpc) is 2.70. The summed E-state index contributed by atoms with van der Waals surface area (Å²) in [6.45, 7) is 9.29. The van der Waals surface area contributed by atoms with Crippen LogP contribution in [0.3, 0.4) is 0 Å². The Bertz CT molecular complexity index is 886. The fourth-order valence-corrected chi connectivity index (χ4v) is 3.78. The Balaban J connectivity index is 1.69. The highest BCUT2D eigenvalue weighted by atomic mass is 16.5. The lowest BCUT2D eigenvalue weighted by atomic mass is 10.1. The molecule has 0 spiro atoms. The van der Waals surface area contributed by atoms with Gasteiger partial charge in [-0.25, -0.2) is 0 Å². The molecular formula is C24H30NO2+. The van der Waals surface area contributed by atoms with E-state index < -0.39 is 6.10 Å². The second-order valence-corrected chi connectivity index (χ2v) is 7.27. The molecule has 0 aliphatic carbocycles. The molecule has 0 saturated carbocycles. The van der Waals surface area contributed by atoms with Crippen molar-refractivity contribution in [1.82, 2.24) is 4.48 Å². The minimum absolute atomic E-state index is 0.296. The zero-order chi connectivity index (χ0) is 19.3. The highest BCUT2D eigenvalue weighted by Crippen LogP contribution is 2.25. The van der Waals surface area contributed by atoms with Crippen LogP contribution in [0.25, 0.3) is 10.8 Å². The van der Waals surface area contributed by atoms with Gasteiger partial charge in [0.15, 0.2) is 0 Å². The van der Waals surface area contributed by atoms with Crippen molar-refractivity contribution < 1.29 is 9.84 Å². The standard InChI is InChI=1S/C24H30NO2/c1-4-25(5-2,22-12-8-9-19(3)15-22)17-23(26)18-27-24-14-13-20-10-6-7-11-21(20)16-24/h6-16,23,26H,4-5,17-18H2,1-3H3/q+1. The van der Waals surface area contributed by atoms with Crippen LogP contribution < -0.4 is 9.22 Å². The van der Waals surface area contributed by atoms with Crippen LogP contribution >= 0.6 is 0 Å². The number of aliphatic hydroxyl groups is 1. The summed E-state index contributed by atoms with van der Waals surface area (Å²) in [5.74, 6) is 0.800. The van der Waals surface area contributed by atoms with Crippen molar-refractivity contribution in [2.75, 3.05) is 26.2 Å². The third-order valence-corrected chi connectivity index (χ3v) is 5.48. The summed E-state index contributed by atoms with van der Waals surface area (Å²) < 4.78 is 6.66. The Labute approximate surface area is 162 Å². The fraction of sp³-hybridized carbons (Fsp3) is 0.333. The minimum Gasteiger partial charge on any atom is -0.491 e. The molecule has 0 aromatic heterocycles. The smallest absolute Gasteiger partial charge is 0.137 e. The molecule has 1 N–H and O–H groups in total. The summed E-state index contributed by atoms with van der Waals surface area (Å²) in [7, 11) is 0. The molecule has 3 heteroatoms. The molecule has 0 fully saturated rings. The van der Waals surface area contributed by atoms with Crippen LogP contribution in [0.4, 0.5) is 5.69 Å². The van der Waals surface area contributed by atoms with Gasteiger partial charge < -0.3 is 9.84 Å². The molecule has 0 radical (unpaired) electrons. The summed E-state index contributed by atoms with van der Waals surface area (Å²) in [4.78, 5) is 0. The number of aryl methyl sites for hydroxylation is 1. The monoisotopic (exact) mass is 364 g/mol. The van der Waals surface area contributed by atoms with Crippen LogP contribution in [-0.4, -0.2) is 37.5 Å². The molecule has 0 saturated heterocycles. The predicted octanol–water partition coefficient (Wildman–Crippen LogP) is 4.94. The molecule has 0 heterocycles. The van der Waals surface area contributed by atoms with Crippen molar-refractivity contribution in [3.8, 4) is 5.75 Å². The van der Waals surface area contributed by atoms with Gasteiger partial charge in [-0.1, -0.05) is 42.5 Å². The Morgan fingerprint density at radius 2 is 1.63 bits per heavy atom. The number of hydrogen-bond donors (Lipinski definition) is 1. The van der Waals surface area contributed by atoms with Gasteiger partial charge in [0, 0.05) is 6.07 Å². The van der Waals surface area contributed by atoms with Crippen LogP contribution in [0.2, 0.25) is 0 Å². The third-order valence-electron chi connectivity index (χ3n) is 5.48. The predicted molar refractivity (Wildman–Crippen MR) is 114 cm³/mol. The number of quaternary nitrogens is 1. The molecule has 3 aromatic rings. The average molecular weight is 365 g/mol. The molecule has 3 nitrogen and oxygen atoms in total. The first-order chi connectivity index (χ1) is 13.1. The number of rotatable bonds is 8. The van der Waals surface area contributed by atoms with E-state index in [0.29, 0.717) is 13.2 Å². The zero-order valence-corrected chi connectivity index (χ0v) is 16.6. The minimum atomic E-state index is -0.531. The highest BCUT2D eigenvalue weighted by Gasteiger charge is 2.30. The molecule has 27 heavy (non-hydrogen) atoms. The summed E-state index contributed by atoms with van der Waals surface area (Å²) in [5.41, 5.74) is 2.50. The first-order valence-corrected chi connectivity index (χ1v) is 9.79. The van der Waals surface area contributed by atoms with Crippen molar-refractivity contribution in [3.05, 3.63) is 72.3 Å². The van der Waals surface area contributed by atoms with Crippen LogP contribution in [0, 0.1) is 6.92 Å². The molecule has 1 unspecified atom stereocenters. The van der Waals surface area contributed by atoms with Gasteiger partial charge in [-0.15, -0.1) is 0 Å². The van der Waals surface area contributed by atoms with E-state index in [2.05, 4.69) is 63.2 Å². The van der Waals surface area contributed by atoms with E-state index in [1.54, 1.807) is 0 Å². The van der Waals surface area contributed by atoms with E-state index in [9.17, 15) is 5.11 Å². The van der Waals surface area contributed by atoms with Gasteiger partial charge in [-0.3, -0.25) is 4.48 Å². The van der Waals surface area contributed by atoms with Crippen LogP contribution in [0.5, 0.6) is 5.75 Å². The van der Waals surface area contributed by atoms with E-state index in [1.807, 2.05) is 24.3 Å². The second kappa shape index (κ2) is 8.55. The molecule has 3 rings (SSSR count). The van der Waals surface area contributed by atoms with Gasteiger partial charge in [0.2, 0.25) is 0 Å². The normalized spacial score (nSPS) is 12.9. The lowest BCUT2D eigenvalue weighted by molar-refractivity contribution is 0.0731. The molecule has 0 aliphatic rings. The number of ether oxygens (including phenoxy) is 1. The van der Waals surface area contributed by atoms with E-state index in [-0.39, 0.29) is 0 Å². The second-order valence-electron chi connectivity index (χ2n) is 7.27. The fourth-order valence-electron chi connectivity index (χ4n) is 3.78. The Kier molecular flexibility index (Phi) is 6.15. The van der Waals surface area contributed by atoms with Crippen LogP contribution in [0.1, 0.15) is 19.4 Å². The summed E-state index contributed by atoms with van der Waals surface area (Å²) in [6, 6.07) is 22.9. The Hall–Kier alpha value is -2.36. The van der Waals surface area contributed by atoms with Crippen molar-refractivity contribution >= 4 is 16.5 Å². The molecule has 3 aromatic carbocycles. The Morgan fingerprint density at radius 1 is 0.889 bits per heavy atom. The van der Waals surface area contributed by atoms with E-state index >= 15 is 0 Å². The summed E-state index contributed by atoms with van der Waals surface area (Å²) in [6.07, 6.45) is -0.531. The number of hydrogen-bond acceptors (Lipinski definition) is 2. The number of likely N-dealkylation sites (N-methyl/N-ethyl adjacent to an activating group) is 1. The van der Waals surface area contributed by atoms with E-state index in [4.69, 9.17) is 4.74 Å². The molecule has 0 amide bonds. The Morgan fingerprint density at radius 3 is 2.33 bits per heavy atom. The lowest BCUT2D eigenvalue weighted by Gasteiger charge is -2.38. The van der Waals surface area contributed by atoms with E-state index in [0.717, 1.165) is 28.7 Å². The van der Waals surface area contributed by atoms with Gasteiger partial charge >= 0.3 is 0 Å². The highest BCUT2D eigenvalue weighted by molar-refractivity contribution is 5.83. The van der Waals surface area contributed by atoms with Gasteiger partial charge in [-0.05, 0) is 55.3 Å². The molecule has 1 atom stereocenters. The largest absolute Gasteiger partial charge is 0.491 e. The maximum absolute atomic E-state index is 10.7. The van der Waals surface area contributed by atoms with Crippen molar-refractivity contribution in [3.63, 3.8) is 0 Å². The molecule has 142 valence electrons. The number of nitrogens with zero attached hydrogens (tertiary/aromatic N) is 1. The van der Waals surface area contributed by atoms with Crippen LogP contribution in [-0.2, 0) is 0 Å². The van der Waals surface area contributed by atoms with E-state index in [1.165, 1.54) is 16.6 Å². The summed E-state index contributed by atoms with van der Waals surface area (Å²) in [5, 5.41) is 13.1. The topological polar surface area (TPSA) is 29.5 Å². The lowest BCUT2D eigenvalue weighted by Crippen LogP contribution is -2.54. The molecule has 0 aliphatic heterocycles. The maximum atomic E-state index is 10.7. The maximum Gasteiger partial charge on any atom is 0.137 e. The molecule has 0 bridgehead atoms. The number of aliphatic hydroxyl groups excluding tert-OH is 1. The van der Waals surface area contributed by atoms with Gasteiger partial charge in [0.1, 0.15) is 30.7 Å². The van der Waals surface area contributed by atoms with Crippen molar-refractivity contribution in [2.45, 2.75) is 26.9 Å². The van der Waals surface area contributed by atoms with Crippen molar-refractivity contribution in [1.29, 1.82) is 0 Å². The quantitative estimate of drug-likeness (QED) is 0.574. The zero-order valence-electron chi connectivity index (χ0n) is 16.6. The number of benzene rings is 3. The number of fused-ring (bicyclic) bond motifs is 1. The first kappa shape index (κ1) is 19.4. The SMILES string of the molecule is CC[N+](CC)(CC(O)COc1ccc2ccccc2c1)c1cccc(C)c1. The van der Waals surface area contributed by atoms with Crippen molar-refractivity contribution in [2.24, 2.45) is 0 Å². The van der Waals surface area contributed by atoms with Gasteiger partial charge in [0.25, 0.3) is 0 Å². The first-order valence-electron chi connectivity index (χ1n) is 9.79.